The molecule has 2 amide bonds. The van der Waals surface area contributed by atoms with Crippen molar-refractivity contribution in [1.82, 2.24) is 9.80 Å². The van der Waals surface area contributed by atoms with Crippen molar-refractivity contribution in [3.05, 3.63) is 89.4 Å². The number of amides is 2. The molecule has 2 saturated heterocycles. The Hall–Kier alpha value is -2.94. The van der Waals surface area contributed by atoms with Crippen LogP contribution < -0.4 is 5.32 Å². The number of benzene rings is 2. The summed E-state index contributed by atoms with van der Waals surface area (Å²) in [5, 5.41) is 3.10. The summed E-state index contributed by atoms with van der Waals surface area (Å²) in [6.45, 7) is 2.88. The number of anilines is 1. The molecule has 0 bridgehead atoms. The van der Waals surface area contributed by atoms with Gasteiger partial charge in [0.2, 0.25) is 5.91 Å². The molecular weight excluding hydrogens is 478 g/mol. The summed E-state index contributed by atoms with van der Waals surface area (Å²) in [4.78, 5) is 32.4. The highest BCUT2D eigenvalue weighted by Crippen LogP contribution is 2.66. The topological polar surface area (TPSA) is 65.8 Å². The second kappa shape index (κ2) is 8.05. The smallest absolute Gasteiger partial charge is 0.251 e. The summed E-state index contributed by atoms with van der Waals surface area (Å²) in [6, 6.07) is 19.7. The molecule has 0 radical (unpaired) electrons. The number of carbonyl (C=O) groups is 2. The van der Waals surface area contributed by atoms with Gasteiger partial charge in [0.25, 0.3) is 5.91 Å². The molecular formula is C27H25N3O3S2. The van der Waals surface area contributed by atoms with Crippen LogP contribution in [0.2, 0.25) is 0 Å². The maximum atomic E-state index is 14.6. The molecule has 8 heteroatoms. The first-order valence-electron chi connectivity index (χ1n) is 11.7. The van der Waals surface area contributed by atoms with Crippen LogP contribution in [0.3, 0.4) is 0 Å². The highest BCUT2D eigenvalue weighted by atomic mass is 32.2. The lowest BCUT2D eigenvalue weighted by Crippen LogP contribution is -2.61. The number of nitrogens with one attached hydrogen (secondary N) is 1. The van der Waals surface area contributed by atoms with E-state index in [1.54, 1.807) is 17.2 Å². The van der Waals surface area contributed by atoms with Crippen LogP contribution in [0, 0.1) is 0 Å². The van der Waals surface area contributed by atoms with Crippen molar-refractivity contribution in [3.8, 4) is 0 Å². The number of aryl methyl sites for hydroxylation is 1. The number of likely N-dealkylation sites (N-methyl/N-ethyl adjacent to an activating group) is 1. The third kappa shape index (κ3) is 2.90. The Morgan fingerprint density at radius 3 is 2.66 bits per heavy atom. The van der Waals surface area contributed by atoms with E-state index < -0.39 is 10.3 Å². The van der Waals surface area contributed by atoms with E-state index in [4.69, 9.17) is 16.6 Å². The second-order valence-electron chi connectivity index (χ2n) is 9.32. The standard InChI is InChI=1S/C27H25N3O3S2/c1-3-17-11-12-22-20(14-17)26(23(31)28-22)27(21(16-29(26)2)18-8-5-4-6-9-18)24(32)30(25(34)35-27)15-19-10-7-13-33-19/h4-14,21H,3,15-16H2,1-2H3,(H,28,31). The quantitative estimate of drug-likeness (QED) is 0.529. The molecule has 0 aliphatic carbocycles. The van der Waals surface area contributed by atoms with Crippen molar-refractivity contribution in [2.45, 2.75) is 36.1 Å². The van der Waals surface area contributed by atoms with Gasteiger partial charge in [-0.2, -0.15) is 0 Å². The van der Waals surface area contributed by atoms with Crippen molar-refractivity contribution < 1.29 is 14.0 Å². The SMILES string of the molecule is CCc1ccc2c(c1)C1(C(=O)N2)N(C)CC(c2ccccc2)C12SC(=S)N(Cc1ccco1)C2=O. The van der Waals surface area contributed by atoms with E-state index in [0.29, 0.717) is 16.6 Å². The summed E-state index contributed by atoms with van der Waals surface area (Å²) in [5.41, 5.74) is 2.56. The van der Waals surface area contributed by atoms with E-state index in [1.807, 2.05) is 55.6 Å². The van der Waals surface area contributed by atoms with Crippen molar-refractivity contribution in [2.75, 3.05) is 18.9 Å². The zero-order valence-electron chi connectivity index (χ0n) is 19.5. The lowest BCUT2D eigenvalue weighted by atomic mass is 9.71. The van der Waals surface area contributed by atoms with Gasteiger partial charge in [-0.25, -0.2) is 0 Å². The number of hydrogen-bond donors (Lipinski definition) is 1. The fourth-order valence-corrected chi connectivity index (χ4v) is 8.20. The monoisotopic (exact) mass is 503 g/mol. The molecule has 1 aromatic heterocycles. The minimum Gasteiger partial charge on any atom is -0.467 e. The predicted octanol–water partition coefficient (Wildman–Crippen LogP) is 4.52. The van der Waals surface area contributed by atoms with Gasteiger partial charge in [0, 0.05) is 23.7 Å². The van der Waals surface area contributed by atoms with Gasteiger partial charge in [-0.1, -0.05) is 73.4 Å². The summed E-state index contributed by atoms with van der Waals surface area (Å²) in [6.07, 6.45) is 2.42. The van der Waals surface area contributed by atoms with Gasteiger partial charge in [0.15, 0.2) is 5.54 Å². The van der Waals surface area contributed by atoms with Crippen LogP contribution in [0.4, 0.5) is 5.69 Å². The highest BCUT2D eigenvalue weighted by molar-refractivity contribution is 8.25. The Labute approximate surface area is 213 Å². The van der Waals surface area contributed by atoms with Gasteiger partial charge in [0.1, 0.15) is 14.8 Å². The first-order valence-corrected chi connectivity index (χ1v) is 12.9. The molecule has 6 rings (SSSR count). The van der Waals surface area contributed by atoms with Crippen LogP contribution in [-0.2, 0) is 28.1 Å². The fraction of sp³-hybridized carbons (Fsp3) is 0.296. The summed E-state index contributed by atoms with van der Waals surface area (Å²) in [7, 11) is 1.95. The molecule has 2 fully saturated rings. The van der Waals surface area contributed by atoms with Crippen LogP contribution >= 0.6 is 24.0 Å². The van der Waals surface area contributed by atoms with E-state index in [-0.39, 0.29) is 24.3 Å². The third-order valence-corrected chi connectivity index (χ3v) is 9.59. The maximum Gasteiger partial charge on any atom is 0.251 e. The number of thioether (sulfide) groups is 1. The number of carbonyl (C=O) groups excluding carboxylic acids is 2. The summed E-state index contributed by atoms with van der Waals surface area (Å²) >= 11 is 7.18. The molecule has 0 saturated carbocycles. The largest absolute Gasteiger partial charge is 0.467 e. The lowest BCUT2D eigenvalue weighted by molar-refractivity contribution is -0.138. The first-order chi connectivity index (χ1) is 16.9. The molecule has 3 aliphatic rings. The van der Waals surface area contributed by atoms with Gasteiger partial charge in [0.05, 0.1) is 12.8 Å². The molecule has 1 N–H and O–H groups in total. The minimum absolute atomic E-state index is 0.146. The predicted molar refractivity (Wildman–Crippen MR) is 140 cm³/mol. The number of hydrogen-bond acceptors (Lipinski definition) is 6. The number of likely N-dealkylation sites (tertiary alicyclic amines) is 1. The number of furan rings is 1. The van der Waals surface area contributed by atoms with Crippen LogP contribution in [0.25, 0.3) is 0 Å². The highest BCUT2D eigenvalue weighted by Gasteiger charge is 2.77. The molecule has 6 nitrogen and oxygen atoms in total. The summed E-state index contributed by atoms with van der Waals surface area (Å²) < 4.78 is 4.86. The van der Waals surface area contributed by atoms with E-state index in [1.165, 1.54) is 11.8 Å². The zero-order chi connectivity index (χ0) is 24.4. The van der Waals surface area contributed by atoms with Gasteiger partial charge >= 0.3 is 0 Å². The van der Waals surface area contributed by atoms with Crippen LogP contribution in [-0.4, -0.2) is 44.3 Å². The molecule has 178 valence electrons. The van der Waals surface area contributed by atoms with Gasteiger partial charge in [-0.15, -0.1) is 0 Å². The van der Waals surface area contributed by atoms with Crippen molar-refractivity contribution >= 4 is 45.8 Å². The molecule has 3 atom stereocenters. The lowest BCUT2D eigenvalue weighted by Gasteiger charge is -2.41. The number of nitrogens with zero attached hydrogens (tertiary/aromatic N) is 2. The Bertz CT molecular complexity index is 1340. The molecule has 2 spiro atoms. The molecule has 2 aromatic carbocycles. The number of fused-ring (bicyclic) bond motifs is 3. The minimum atomic E-state index is -1.20. The zero-order valence-corrected chi connectivity index (χ0v) is 21.1. The van der Waals surface area contributed by atoms with E-state index in [9.17, 15) is 9.59 Å². The van der Waals surface area contributed by atoms with E-state index in [2.05, 4.69) is 23.2 Å². The fourth-order valence-electron chi connectivity index (χ4n) is 6.07. The Morgan fingerprint density at radius 1 is 1.14 bits per heavy atom. The average Bonchev–Trinajstić information content (AvgIpc) is 3.60. The third-order valence-electron chi connectivity index (χ3n) is 7.64. The van der Waals surface area contributed by atoms with Crippen LogP contribution in [0.15, 0.2) is 71.3 Å². The second-order valence-corrected chi connectivity index (χ2v) is 11.2. The number of rotatable bonds is 4. The van der Waals surface area contributed by atoms with Crippen LogP contribution in [0.5, 0.6) is 0 Å². The Morgan fingerprint density at radius 2 is 1.94 bits per heavy atom. The normalized spacial score (nSPS) is 27.9. The molecule has 3 aromatic rings. The Kier molecular flexibility index (Phi) is 5.18. The summed E-state index contributed by atoms with van der Waals surface area (Å²) in [5.74, 6) is 0.0875. The van der Waals surface area contributed by atoms with Gasteiger partial charge < -0.3 is 9.73 Å². The average molecular weight is 504 g/mol. The molecule has 35 heavy (non-hydrogen) atoms. The van der Waals surface area contributed by atoms with E-state index >= 15 is 0 Å². The maximum absolute atomic E-state index is 14.6. The molecule has 3 unspecified atom stereocenters. The van der Waals surface area contributed by atoms with Gasteiger partial charge in [-0.05, 0) is 42.8 Å². The van der Waals surface area contributed by atoms with Crippen molar-refractivity contribution in [3.63, 3.8) is 0 Å². The van der Waals surface area contributed by atoms with Crippen molar-refractivity contribution in [1.29, 1.82) is 0 Å². The van der Waals surface area contributed by atoms with E-state index in [0.717, 1.165) is 28.8 Å². The van der Waals surface area contributed by atoms with Gasteiger partial charge in [-0.3, -0.25) is 19.4 Å². The Balaban J connectivity index is 1.60. The molecule has 3 aliphatic heterocycles. The number of thiocarbonyl (C=S) groups is 1. The molecule has 4 heterocycles. The first kappa shape index (κ1) is 22.5. The van der Waals surface area contributed by atoms with Crippen LogP contribution in [0.1, 0.15) is 35.3 Å². The van der Waals surface area contributed by atoms with Crippen molar-refractivity contribution in [2.24, 2.45) is 0 Å².